The summed E-state index contributed by atoms with van der Waals surface area (Å²) in [5.41, 5.74) is 0.170. The first-order chi connectivity index (χ1) is 6.29. The first kappa shape index (κ1) is 8.83. The Bertz CT molecular complexity index is 395. The van der Waals surface area contributed by atoms with Crippen molar-refractivity contribution in [2.45, 2.75) is 0 Å². The van der Waals surface area contributed by atoms with Crippen LogP contribution in [0.15, 0.2) is 47.3 Å². The van der Waals surface area contributed by atoms with Crippen LogP contribution < -0.4 is 0 Å². The third-order valence-corrected chi connectivity index (χ3v) is 1.51. The molecule has 0 aromatic rings. The Morgan fingerprint density at radius 3 is 2.46 bits per heavy atom. The van der Waals surface area contributed by atoms with Gasteiger partial charge >= 0.3 is 0 Å². The highest BCUT2D eigenvalue weighted by Gasteiger charge is 2.07. The Morgan fingerprint density at radius 1 is 1.15 bits per heavy atom. The van der Waals surface area contributed by atoms with Gasteiger partial charge in [0.2, 0.25) is 0 Å². The van der Waals surface area contributed by atoms with Crippen molar-refractivity contribution in [1.82, 2.24) is 0 Å². The van der Waals surface area contributed by atoms with Crippen molar-refractivity contribution in [2.75, 3.05) is 0 Å². The van der Waals surface area contributed by atoms with Crippen LogP contribution in [0.4, 0.5) is 0 Å². The second-order valence-corrected chi connectivity index (χ2v) is 2.31. The van der Waals surface area contributed by atoms with E-state index in [1.54, 1.807) is 30.4 Å². The molecule has 0 radical (unpaired) electrons. The van der Waals surface area contributed by atoms with Crippen LogP contribution in [0.5, 0.6) is 0 Å². The Balaban J connectivity index is 3.29. The molecule has 13 heavy (non-hydrogen) atoms. The average molecular weight is 170 g/mol. The molecule has 0 aromatic carbocycles. The van der Waals surface area contributed by atoms with Crippen molar-refractivity contribution < 1.29 is 5.11 Å². The summed E-state index contributed by atoms with van der Waals surface area (Å²) in [5.74, 6) is -0.0666. The number of hydrogen-bond acceptors (Lipinski definition) is 3. The van der Waals surface area contributed by atoms with Gasteiger partial charge < -0.3 is 5.11 Å². The number of hydrogen-bond donors (Lipinski definition) is 1. The minimum absolute atomic E-state index is 0.0666. The summed E-state index contributed by atoms with van der Waals surface area (Å²) >= 11 is 0. The van der Waals surface area contributed by atoms with Crippen molar-refractivity contribution in [3.8, 4) is 12.1 Å². The van der Waals surface area contributed by atoms with Crippen LogP contribution in [0.1, 0.15) is 0 Å². The molecule has 0 saturated heterocycles. The highest BCUT2D eigenvalue weighted by Crippen LogP contribution is 2.15. The summed E-state index contributed by atoms with van der Waals surface area (Å²) in [5, 5.41) is 26.5. The fourth-order valence-corrected chi connectivity index (χ4v) is 0.895. The van der Waals surface area contributed by atoms with Crippen LogP contribution in [0.2, 0.25) is 0 Å². The maximum atomic E-state index is 9.38. The Hall–Kier alpha value is -2.26. The largest absolute Gasteiger partial charge is 0.507 e. The predicted octanol–water partition coefficient (Wildman–Crippen LogP) is 1.90. The molecule has 0 saturated carbocycles. The van der Waals surface area contributed by atoms with Gasteiger partial charge in [-0.05, 0) is 12.2 Å². The smallest absolute Gasteiger partial charge is 0.140 e. The predicted molar refractivity (Wildman–Crippen MR) is 47.2 cm³/mol. The Morgan fingerprint density at radius 2 is 1.85 bits per heavy atom. The van der Waals surface area contributed by atoms with Crippen molar-refractivity contribution in [3.63, 3.8) is 0 Å². The first-order valence-corrected chi connectivity index (χ1v) is 3.58. The number of nitriles is 2. The minimum Gasteiger partial charge on any atom is -0.507 e. The van der Waals surface area contributed by atoms with E-state index >= 15 is 0 Å². The summed E-state index contributed by atoms with van der Waals surface area (Å²) in [6, 6.07) is 3.44. The zero-order valence-corrected chi connectivity index (χ0v) is 6.73. The lowest BCUT2D eigenvalue weighted by molar-refractivity contribution is 0.426. The second-order valence-electron chi connectivity index (χ2n) is 2.31. The maximum Gasteiger partial charge on any atom is 0.140 e. The van der Waals surface area contributed by atoms with Gasteiger partial charge in [-0.1, -0.05) is 18.2 Å². The van der Waals surface area contributed by atoms with Crippen LogP contribution >= 0.6 is 0 Å². The minimum atomic E-state index is -0.0892. The quantitative estimate of drug-likeness (QED) is 0.564. The van der Waals surface area contributed by atoms with Gasteiger partial charge in [0.15, 0.2) is 0 Å². The molecule has 0 bridgehead atoms. The van der Waals surface area contributed by atoms with E-state index < -0.39 is 0 Å². The van der Waals surface area contributed by atoms with E-state index in [1.165, 1.54) is 12.2 Å². The molecule has 62 valence electrons. The van der Waals surface area contributed by atoms with E-state index in [9.17, 15) is 5.11 Å². The SMILES string of the molecule is N#CC(C#N)=C1C=CC=CC=C1O. The molecule has 3 heteroatoms. The fraction of sp³-hybridized carbons (Fsp3) is 0. The van der Waals surface area contributed by atoms with Crippen LogP contribution in [-0.2, 0) is 0 Å². The van der Waals surface area contributed by atoms with Crippen molar-refractivity contribution in [3.05, 3.63) is 47.3 Å². The second kappa shape index (κ2) is 3.94. The molecule has 1 rings (SSSR count). The van der Waals surface area contributed by atoms with E-state index in [4.69, 9.17) is 10.5 Å². The number of allylic oxidation sites excluding steroid dienone is 6. The standard InChI is InChI=1S/C10H6N2O/c11-6-8(7-12)9-4-2-1-3-5-10(9)13/h1-5,13H. The summed E-state index contributed by atoms with van der Waals surface area (Å²) in [4.78, 5) is 0. The van der Waals surface area contributed by atoms with Gasteiger partial charge in [0, 0.05) is 5.57 Å². The number of rotatable bonds is 0. The van der Waals surface area contributed by atoms with Gasteiger partial charge in [-0.25, -0.2) is 0 Å². The van der Waals surface area contributed by atoms with Gasteiger partial charge in [0.1, 0.15) is 23.5 Å². The highest BCUT2D eigenvalue weighted by atomic mass is 16.3. The Labute approximate surface area is 75.8 Å². The Kier molecular flexibility index (Phi) is 2.68. The van der Waals surface area contributed by atoms with E-state index in [-0.39, 0.29) is 16.9 Å². The zero-order chi connectivity index (χ0) is 9.68. The molecule has 1 aliphatic rings. The molecular formula is C10H6N2O. The topological polar surface area (TPSA) is 67.8 Å². The van der Waals surface area contributed by atoms with Gasteiger partial charge in [0.25, 0.3) is 0 Å². The molecule has 0 unspecified atom stereocenters. The zero-order valence-electron chi connectivity index (χ0n) is 6.73. The highest BCUT2D eigenvalue weighted by molar-refractivity contribution is 5.54. The van der Waals surface area contributed by atoms with Gasteiger partial charge in [-0.2, -0.15) is 10.5 Å². The molecule has 1 aliphatic carbocycles. The van der Waals surface area contributed by atoms with Crippen LogP contribution in [0.25, 0.3) is 0 Å². The van der Waals surface area contributed by atoms with E-state index in [0.29, 0.717) is 0 Å². The summed E-state index contributed by atoms with van der Waals surface area (Å²) in [7, 11) is 0. The average Bonchev–Trinajstić information content (AvgIpc) is 2.34. The molecule has 0 fully saturated rings. The van der Waals surface area contributed by atoms with E-state index in [2.05, 4.69) is 0 Å². The van der Waals surface area contributed by atoms with Crippen LogP contribution in [0, 0.1) is 22.7 Å². The molecule has 3 nitrogen and oxygen atoms in total. The lowest BCUT2D eigenvalue weighted by atomic mass is 10.1. The lowest BCUT2D eigenvalue weighted by Crippen LogP contribution is -1.89. The molecule has 0 heterocycles. The van der Waals surface area contributed by atoms with Crippen molar-refractivity contribution in [1.29, 1.82) is 10.5 Å². The molecule has 0 aromatic heterocycles. The molecule has 0 spiro atoms. The molecule has 0 amide bonds. The number of aliphatic hydroxyl groups excluding tert-OH is 1. The monoisotopic (exact) mass is 170 g/mol. The van der Waals surface area contributed by atoms with Crippen LogP contribution in [0.3, 0.4) is 0 Å². The van der Waals surface area contributed by atoms with E-state index in [1.807, 2.05) is 0 Å². The molecular weight excluding hydrogens is 164 g/mol. The maximum absolute atomic E-state index is 9.38. The molecule has 0 atom stereocenters. The van der Waals surface area contributed by atoms with Crippen LogP contribution in [-0.4, -0.2) is 5.11 Å². The fourth-order valence-electron chi connectivity index (χ4n) is 0.895. The van der Waals surface area contributed by atoms with Gasteiger partial charge in [-0.15, -0.1) is 0 Å². The van der Waals surface area contributed by atoms with Gasteiger partial charge in [-0.3, -0.25) is 0 Å². The summed E-state index contributed by atoms with van der Waals surface area (Å²) < 4.78 is 0. The normalized spacial score (nSPS) is 14.0. The third kappa shape index (κ3) is 1.85. The molecule has 0 aliphatic heterocycles. The lowest BCUT2D eigenvalue weighted by Gasteiger charge is -1.97. The van der Waals surface area contributed by atoms with Gasteiger partial charge in [0.05, 0.1) is 0 Å². The number of aliphatic hydroxyl groups is 1. The molecule has 1 N–H and O–H groups in total. The van der Waals surface area contributed by atoms with Crippen molar-refractivity contribution in [2.24, 2.45) is 0 Å². The number of nitrogens with zero attached hydrogens (tertiary/aromatic N) is 2. The summed E-state index contributed by atoms with van der Waals surface area (Å²) in [6.07, 6.45) is 7.95. The first-order valence-electron chi connectivity index (χ1n) is 3.58. The van der Waals surface area contributed by atoms with Crippen molar-refractivity contribution >= 4 is 0 Å². The summed E-state index contributed by atoms with van der Waals surface area (Å²) in [6.45, 7) is 0. The third-order valence-electron chi connectivity index (χ3n) is 1.51. The van der Waals surface area contributed by atoms with E-state index in [0.717, 1.165) is 0 Å².